The van der Waals surface area contributed by atoms with Crippen LogP contribution < -0.4 is 15.5 Å². The molecule has 0 radical (unpaired) electrons. The highest BCUT2D eigenvalue weighted by Crippen LogP contribution is 2.30. The highest BCUT2D eigenvalue weighted by atomic mass is 35.5. The van der Waals surface area contributed by atoms with E-state index in [1.54, 1.807) is 18.9 Å². The average Bonchev–Trinajstić information content (AvgIpc) is 2.81. The van der Waals surface area contributed by atoms with Gasteiger partial charge >= 0.3 is 0 Å². The number of benzene rings is 2. The number of halogens is 2. The zero-order valence-corrected chi connectivity index (χ0v) is 17.5. The summed E-state index contributed by atoms with van der Waals surface area (Å²) in [4.78, 5) is 27.4. The van der Waals surface area contributed by atoms with E-state index in [4.69, 9.17) is 11.6 Å². The fraction of sp³-hybridized carbons (Fsp3) is 0.333. The third-order valence-corrected chi connectivity index (χ3v) is 5.35. The van der Waals surface area contributed by atoms with Crippen LogP contribution in [-0.2, 0) is 22.6 Å². The van der Waals surface area contributed by atoms with Crippen LogP contribution in [0.15, 0.2) is 48.5 Å². The molecule has 5 nitrogen and oxygen atoms in total. The first-order chi connectivity index (χ1) is 13.0. The Labute approximate surface area is 176 Å². The van der Waals surface area contributed by atoms with Gasteiger partial charge in [-0.1, -0.05) is 48.0 Å². The van der Waals surface area contributed by atoms with E-state index < -0.39 is 6.04 Å². The first-order valence-electron chi connectivity index (χ1n) is 9.11. The maximum Gasteiger partial charge on any atom is 0.249 e. The number of nitrogens with zero attached hydrogens (tertiary/aromatic N) is 1. The fourth-order valence-electron chi connectivity index (χ4n) is 3.24. The monoisotopic (exact) mass is 421 g/mol. The summed E-state index contributed by atoms with van der Waals surface area (Å²) in [6.45, 7) is 2.14. The zero-order valence-electron chi connectivity index (χ0n) is 15.9. The number of fused-ring (bicyclic) bond motifs is 1. The lowest BCUT2D eigenvalue weighted by Gasteiger charge is -2.27. The molecular weight excluding hydrogens is 397 g/mol. The second-order valence-electron chi connectivity index (χ2n) is 6.75. The Balaban J connectivity index is 0.00000280. The fourth-order valence-corrected chi connectivity index (χ4v) is 3.43. The molecule has 7 heteroatoms. The van der Waals surface area contributed by atoms with E-state index in [-0.39, 0.29) is 30.3 Å². The topological polar surface area (TPSA) is 61.4 Å². The molecule has 0 aliphatic carbocycles. The number of para-hydroxylation sites is 1. The lowest BCUT2D eigenvalue weighted by Crippen LogP contribution is -2.52. The zero-order chi connectivity index (χ0) is 19.4. The smallest absolute Gasteiger partial charge is 0.249 e. The van der Waals surface area contributed by atoms with Gasteiger partial charge < -0.3 is 15.5 Å². The first kappa shape index (κ1) is 22.2. The van der Waals surface area contributed by atoms with Gasteiger partial charge in [0.25, 0.3) is 0 Å². The molecule has 1 aliphatic heterocycles. The summed E-state index contributed by atoms with van der Waals surface area (Å²) in [5.41, 5.74) is 2.84. The van der Waals surface area contributed by atoms with Crippen molar-refractivity contribution in [2.45, 2.75) is 38.4 Å². The Hall–Kier alpha value is -2.08. The average molecular weight is 422 g/mol. The number of carbonyl (C=O) groups excluding carboxylic acids is 2. The van der Waals surface area contributed by atoms with Crippen LogP contribution >= 0.6 is 24.0 Å². The molecule has 1 heterocycles. The largest absolute Gasteiger partial charge is 0.343 e. The summed E-state index contributed by atoms with van der Waals surface area (Å²) >= 11 is 6.32. The third-order valence-electron chi connectivity index (χ3n) is 4.98. The minimum Gasteiger partial charge on any atom is -0.343 e. The molecule has 0 aromatic heterocycles. The van der Waals surface area contributed by atoms with Gasteiger partial charge in [-0.2, -0.15) is 0 Å². The molecule has 2 aromatic carbocycles. The molecule has 2 atom stereocenters. The molecule has 2 N–H and O–H groups in total. The molecule has 0 fully saturated rings. The van der Waals surface area contributed by atoms with Crippen molar-refractivity contribution in [3.63, 3.8) is 0 Å². The molecule has 0 spiro atoms. The van der Waals surface area contributed by atoms with Crippen molar-refractivity contribution in [2.75, 3.05) is 11.9 Å². The summed E-state index contributed by atoms with van der Waals surface area (Å²) in [6, 6.07) is 14.5. The Morgan fingerprint density at radius 1 is 1.21 bits per heavy atom. The van der Waals surface area contributed by atoms with Crippen molar-refractivity contribution in [1.82, 2.24) is 10.6 Å². The molecule has 0 bridgehead atoms. The van der Waals surface area contributed by atoms with Crippen LogP contribution in [0.2, 0.25) is 5.02 Å². The SMILES string of the molecule is CNC(C)C(=O)NC1CCc2ccccc2N(Cc2ccccc2Cl)C1=O.Cl. The summed E-state index contributed by atoms with van der Waals surface area (Å²) in [5, 5.41) is 6.43. The van der Waals surface area contributed by atoms with Crippen LogP contribution in [0.1, 0.15) is 24.5 Å². The maximum atomic E-state index is 13.3. The van der Waals surface area contributed by atoms with Gasteiger partial charge in [0.15, 0.2) is 0 Å². The summed E-state index contributed by atoms with van der Waals surface area (Å²) in [6.07, 6.45) is 1.29. The van der Waals surface area contributed by atoms with Crippen LogP contribution in [0.25, 0.3) is 0 Å². The molecule has 3 rings (SSSR count). The normalized spacial score (nSPS) is 17.2. The Morgan fingerprint density at radius 2 is 1.89 bits per heavy atom. The van der Waals surface area contributed by atoms with Gasteiger partial charge in [0.2, 0.25) is 11.8 Å². The Bertz CT molecular complexity index is 844. The van der Waals surface area contributed by atoms with Crippen molar-refractivity contribution in [3.8, 4) is 0 Å². The number of nitrogens with one attached hydrogen (secondary N) is 2. The second kappa shape index (κ2) is 9.92. The van der Waals surface area contributed by atoms with Crippen LogP contribution in [0.3, 0.4) is 0 Å². The quantitative estimate of drug-likeness (QED) is 0.777. The highest BCUT2D eigenvalue weighted by molar-refractivity contribution is 6.31. The maximum absolute atomic E-state index is 13.3. The Kier molecular flexibility index (Phi) is 7.87. The van der Waals surface area contributed by atoms with Gasteiger partial charge in [0.1, 0.15) is 6.04 Å². The number of hydrogen-bond acceptors (Lipinski definition) is 3. The van der Waals surface area contributed by atoms with E-state index >= 15 is 0 Å². The van der Waals surface area contributed by atoms with Gasteiger partial charge in [-0.05, 0) is 50.1 Å². The lowest BCUT2D eigenvalue weighted by molar-refractivity contribution is -0.128. The van der Waals surface area contributed by atoms with E-state index in [1.807, 2.05) is 48.5 Å². The molecular formula is C21H25Cl2N3O2. The molecule has 150 valence electrons. The number of carbonyl (C=O) groups is 2. The second-order valence-corrected chi connectivity index (χ2v) is 7.16. The summed E-state index contributed by atoms with van der Waals surface area (Å²) in [7, 11) is 1.72. The van der Waals surface area contributed by atoms with E-state index in [2.05, 4.69) is 10.6 Å². The lowest BCUT2D eigenvalue weighted by atomic mass is 10.1. The first-order valence-corrected chi connectivity index (χ1v) is 9.49. The standard InChI is InChI=1S/C21H24ClN3O2.ClH/c1-14(23-2)20(26)24-18-12-11-15-7-4-6-10-19(15)25(21(18)27)13-16-8-3-5-9-17(16)22;/h3-10,14,18,23H,11-13H2,1-2H3,(H,24,26);1H. The predicted octanol–water partition coefficient (Wildman–Crippen LogP) is 3.33. The molecule has 1 aliphatic rings. The minimum absolute atomic E-state index is 0. The number of anilines is 1. The molecule has 28 heavy (non-hydrogen) atoms. The Morgan fingerprint density at radius 3 is 2.61 bits per heavy atom. The van der Waals surface area contributed by atoms with Crippen LogP contribution in [-0.4, -0.2) is 30.9 Å². The summed E-state index contributed by atoms with van der Waals surface area (Å²) < 4.78 is 0. The summed E-state index contributed by atoms with van der Waals surface area (Å²) in [5.74, 6) is -0.295. The van der Waals surface area contributed by atoms with E-state index in [0.29, 0.717) is 18.0 Å². The van der Waals surface area contributed by atoms with E-state index in [9.17, 15) is 9.59 Å². The van der Waals surface area contributed by atoms with E-state index in [1.165, 1.54) is 0 Å². The van der Waals surface area contributed by atoms with E-state index in [0.717, 1.165) is 23.2 Å². The minimum atomic E-state index is -0.566. The van der Waals surface area contributed by atoms with Crippen molar-refractivity contribution >= 4 is 41.5 Å². The van der Waals surface area contributed by atoms with Crippen LogP contribution in [0, 0.1) is 0 Å². The van der Waals surface area contributed by atoms with Gasteiger partial charge in [-0.3, -0.25) is 9.59 Å². The van der Waals surface area contributed by atoms with Crippen LogP contribution in [0.4, 0.5) is 5.69 Å². The number of aryl methyl sites for hydroxylation is 1. The molecule has 2 amide bonds. The number of hydrogen-bond donors (Lipinski definition) is 2. The van der Waals surface area contributed by atoms with Gasteiger partial charge in [-0.15, -0.1) is 12.4 Å². The molecule has 0 saturated carbocycles. The van der Waals surface area contributed by atoms with Crippen molar-refractivity contribution < 1.29 is 9.59 Å². The molecule has 2 aromatic rings. The van der Waals surface area contributed by atoms with Gasteiger partial charge in [0, 0.05) is 10.7 Å². The van der Waals surface area contributed by atoms with Crippen molar-refractivity contribution in [1.29, 1.82) is 0 Å². The highest BCUT2D eigenvalue weighted by Gasteiger charge is 2.32. The van der Waals surface area contributed by atoms with Crippen LogP contribution in [0.5, 0.6) is 0 Å². The third kappa shape index (κ3) is 4.85. The van der Waals surface area contributed by atoms with Crippen molar-refractivity contribution in [2.24, 2.45) is 0 Å². The number of likely N-dealkylation sites (N-methyl/N-ethyl adjacent to an activating group) is 1. The number of rotatable bonds is 5. The number of amides is 2. The van der Waals surface area contributed by atoms with Gasteiger partial charge in [-0.25, -0.2) is 0 Å². The predicted molar refractivity (Wildman–Crippen MR) is 115 cm³/mol. The molecule has 2 unspecified atom stereocenters. The van der Waals surface area contributed by atoms with Crippen molar-refractivity contribution in [3.05, 3.63) is 64.7 Å². The molecule has 0 saturated heterocycles. The van der Waals surface area contributed by atoms with Gasteiger partial charge in [0.05, 0.1) is 12.6 Å².